The van der Waals surface area contributed by atoms with E-state index in [0.717, 1.165) is 25.7 Å². The third-order valence-corrected chi connectivity index (χ3v) is 9.17. The Labute approximate surface area is 262 Å². The van der Waals surface area contributed by atoms with Crippen molar-refractivity contribution in [2.24, 2.45) is 5.92 Å². The van der Waals surface area contributed by atoms with E-state index in [4.69, 9.17) is 23.2 Å². The summed E-state index contributed by atoms with van der Waals surface area (Å²) in [6, 6.07) is 0. The van der Waals surface area contributed by atoms with Crippen LogP contribution in [0.15, 0.2) is 0 Å². The van der Waals surface area contributed by atoms with E-state index in [1.54, 1.807) is 0 Å². The molecule has 8 heteroatoms. The minimum Gasteiger partial charge on any atom is -0.390 e. The predicted molar refractivity (Wildman–Crippen MR) is 176 cm³/mol. The molecule has 1 aromatic heterocycles. The monoisotopic (exact) mass is 613 g/mol. The Kier molecular flexibility index (Phi) is 16.8. The van der Waals surface area contributed by atoms with E-state index in [9.17, 15) is 5.11 Å². The molecule has 0 saturated carbocycles. The number of aromatic nitrogens is 3. The van der Waals surface area contributed by atoms with Gasteiger partial charge in [-0.1, -0.05) is 110 Å². The third-order valence-electron chi connectivity index (χ3n) is 8.84. The van der Waals surface area contributed by atoms with E-state index < -0.39 is 5.60 Å². The van der Waals surface area contributed by atoms with E-state index in [0.29, 0.717) is 18.9 Å². The minimum atomic E-state index is -0.750. The summed E-state index contributed by atoms with van der Waals surface area (Å²) < 4.78 is 0. The van der Waals surface area contributed by atoms with Crippen LogP contribution in [0.25, 0.3) is 0 Å². The van der Waals surface area contributed by atoms with Crippen LogP contribution < -0.4 is 10.6 Å². The summed E-state index contributed by atoms with van der Waals surface area (Å²) in [5, 5.41) is 19.2. The van der Waals surface area contributed by atoms with Gasteiger partial charge >= 0.3 is 0 Å². The lowest BCUT2D eigenvalue weighted by molar-refractivity contribution is -0.0722. The van der Waals surface area contributed by atoms with Crippen LogP contribution in [0, 0.1) is 5.92 Å². The van der Waals surface area contributed by atoms with E-state index in [1.165, 1.54) is 96.3 Å². The molecule has 0 bridgehead atoms. The Morgan fingerprint density at radius 3 is 1.56 bits per heavy atom. The zero-order valence-corrected chi connectivity index (χ0v) is 28.5. The van der Waals surface area contributed by atoms with Gasteiger partial charge in [-0.15, -0.1) is 0 Å². The van der Waals surface area contributed by atoms with Gasteiger partial charge in [-0.3, -0.25) is 0 Å². The number of halogens is 2. The van der Waals surface area contributed by atoms with Crippen molar-refractivity contribution in [1.82, 2.24) is 20.3 Å². The fourth-order valence-electron chi connectivity index (χ4n) is 7.01. The number of rotatable bonds is 22. The van der Waals surface area contributed by atoms with Gasteiger partial charge in [0.15, 0.2) is 0 Å². The zero-order valence-electron chi connectivity index (χ0n) is 27.0. The minimum absolute atomic E-state index is 0.0162. The first-order valence-corrected chi connectivity index (χ1v) is 17.5. The molecule has 2 heterocycles. The average Bonchev–Trinajstić information content (AvgIpc) is 2.86. The lowest BCUT2D eigenvalue weighted by Crippen LogP contribution is -2.61. The van der Waals surface area contributed by atoms with Crippen molar-refractivity contribution in [1.29, 1.82) is 0 Å². The Balaban J connectivity index is 1.71. The first-order chi connectivity index (χ1) is 19.4. The molecule has 1 atom stereocenters. The van der Waals surface area contributed by atoms with E-state index >= 15 is 0 Å². The van der Waals surface area contributed by atoms with Gasteiger partial charge < -0.3 is 15.7 Å². The summed E-state index contributed by atoms with van der Waals surface area (Å²) in [7, 11) is 0. The van der Waals surface area contributed by atoms with Crippen molar-refractivity contribution in [2.75, 3.05) is 11.9 Å². The number of nitrogens with zero attached hydrogens (tertiary/aromatic N) is 3. The molecule has 1 aliphatic heterocycles. The molecule has 0 aromatic carbocycles. The van der Waals surface area contributed by atoms with Gasteiger partial charge in [0.2, 0.25) is 16.5 Å². The number of aliphatic hydroxyl groups is 1. The number of unbranched alkanes of at least 4 members (excludes halogenated alkanes) is 15. The molecule has 0 spiro atoms. The van der Waals surface area contributed by atoms with Crippen molar-refractivity contribution < 1.29 is 5.11 Å². The van der Waals surface area contributed by atoms with Gasteiger partial charge in [0.25, 0.3) is 0 Å². The fraction of sp³-hybridized carbons (Fsp3) is 0.909. The Hall–Kier alpha value is -0.690. The highest BCUT2D eigenvalue weighted by atomic mass is 35.5. The van der Waals surface area contributed by atoms with Crippen molar-refractivity contribution in [3.63, 3.8) is 0 Å². The van der Waals surface area contributed by atoms with Crippen LogP contribution >= 0.6 is 23.2 Å². The Morgan fingerprint density at radius 2 is 1.12 bits per heavy atom. The number of anilines is 1. The summed E-state index contributed by atoms with van der Waals surface area (Å²) in [5.74, 6) is 0.572. The lowest BCUT2D eigenvalue weighted by atomic mass is 9.66. The molecule has 1 aliphatic rings. The standard InChI is InChI=1S/C33H61Cl2N5O/c1-6-7-8-9-10-11-12-13-14-15-16-17-18-19-20-21-22-33(41,27-25-31(2,3)40-32(4,5)26-27)23-24-36-30-38-28(34)37-29(35)39-30/h27,40-41H,6-26H2,1-5H3,(H,36,37,38,39). The lowest BCUT2D eigenvalue weighted by Gasteiger charge is -2.51. The molecule has 0 radical (unpaired) electrons. The molecule has 1 aromatic rings. The molecule has 1 unspecified atom stereocenters. The zero-order chi connectivity index (χ0) is 30.2. The summed E-state index contributed by atoms with van der Waals surface area (Å²) in [6.07, 6.45) is 25.0. The predicted octanol–water partition coefficient (Wildman–Crippen LogP) is 9.92. The van der Waals surface area contributed by atoms with Crippen LogP contribution in [0.5, 0.6) is 0 Å². The molecule has 238 valence electrons. The SMILES string of the molecule is CCCCCCCCCCCCCCCCCCC(O)(CCNc1nc(Cl)nc(Cl)n1)C1CC(C)(C)NC(C)(C)C1. The average molecular weight is 615 g/mol. The van der Waals surface area contributed by atoms with Crippen molar-refractivity contribution in [3.8, 4) is 0 Å². The molecule has 41 heavy (non-hydrogen) atoms. The number of hydrogen-bond acceptors (Lipinski definition) is 6. The van der Waals surface area contributed by atoms with Gasteiger partial charge in [0.05, 0.1) is 5.60 Å². The summed E-state index contributed by atoms with van der Waals surface area (Å²) in [4.78, 5) is 12.0. The summed E-state index contributed by atoms with van der Waals surface area (Å²) in [5.41, 5.74) is -0.782. The Morgan fingerprint density at radius 1 is 0.707 bits per heavy atom. The topological polar surface area (TPSA) is 83.0 Å². The highest BCUT2D eigenvalue weighted by Gasteiger charge is 2.46. The fourth-order valence-corrected chi connectivity index (χ4v) is 7.37. The maximum Gasteiger partial charge on any atom is 0.228 e. The molecule has 1 fully saturated rings. The van der Waals surface area contributed by atoms with E-state index in [2.05, 4.69) is 60.2 Å². The van der Waals surface area contributed by atoms with E-state index in [-0.39, 0.29) is 27.6 Å². The van der Waals surface area contributed by atoms with Gasteiger partial charge in [0, 0.05) is 17.6 Å². The van der Waals surface area contributed by atoms with Crippen molar-refractivity contribution in [2.45, 2.75) is 180 Å². The second kappa shape index (κ2) is 18.9. The van der Waals surface area contributed by atoms with Gasteiger partial charge in [0.1, 0.15) is 0 Å². The summed E-state index contributed by atoms with van der Waals surface area (Å²) in [6.45, 7) is 11.8. The molecular formula is C33H61Cl2N5O. The molecule has 3 N–H and O–H groups in total. The molecular weight excluding hydrogens is 553 g/mol. The van der Waals surface area contributed by atoms with Crippen LogP contribution in [0.3, 0.4) is 0 Å². The number of nitrogens with one attached hydrogen (secondary N) is 2. The normalized spacial score (nSPS) is 18.3. The smallest absolute Gasteiger partial charge is 0.228 e. The van der Waals surface area contributed by atoms with Crippen LogP contribution in [0.2, 0.25) is 10.6 Å². The largest absolute Gasteiger partial charge is 0.390 e. The van der Waals surface area contributed by atoms with Crippen LogP contribution in [0.4, 0.5) is 5.95 Å². The molecule has 1 saturated heterocycles. The van der Waals surface area contributed by atoms with Gasteiger partial charge in [-0.25, -0.2) is 0 Å². The third kappa shape index (κ3) is 15.6. The molecule has 2 rings (SSSR count). The maximum absolute atomic E-state index is 12.1. The second-order valence-electron chi connectivity index (χ2n) is 14.0. The van der Waals surface area contributed by atoms with Gasteiger partial charge in [-0.05, 0) is 82.5 Å². The first-order valence-electron chi connectivity index (χ1n) is 16.8. The highest BCUT2D eigenvalue weighted by molar-refractivity contribution is 6.31. The molecule has 0 amide bonds. The summed E-state index contributed by atoms with van der Waals surface area (Å²) >= 11 is 11.9. The number of hydrogen-bond donors (Lipinski definition) is 3. The number of piperidine rings is 1. The first kappa shape index (κ1) is 36.5. The van der Waals surface area contributed by atoms with Crippen molar-refractivity contribution in [3.05, 3.63) is 10.6 Å². The van der Waals surface area contributed by atoms with Gasteiger partial charge in [-0.2, -0.15) is 15.0 Å². The van der Waals surface area contributed by atoms with Crippen LogP contribution in [-0.4, -0.2) is 43.3 Å². The van der Waals surface area contributed by atoms with Crippen LogP contribution in [-0.2, 0) is 0 Å². The van der Waals surface area contributed by atoms with E-state index in [1.807, 2.05) is 0 Å². The quantitative estimate of drug-likeness (QED) is 0.113. The highest BCUT2D eigenvalue weighted by Crippen LogP contribution is 2.42. The van der Waals surface area contributed by atoms with Crippen LogP contribution in [0.1, 0.15) is 163 Å². The second-order valence-corrected chi connectivity index (χ2v) is 14.7. The molecule has 6 nitrogen and oxygen atoms in total. The Bertz CT molecular complexity index is 817. The van der Waals surface area contributed by atoms with Crippen molar-refractivity contribution >= 4 is 29.2 Å². The molecule has 0 aliphatic carbocycles. The maximum atomic E-state index is 12.1.